The first-order chi connectivity index (χ1) is 12.6. The molecule has 0 spiro atoms. The average molecular weight is 352 g/mol. The van der Waals surface area contributed by atoms with Gasteiger partial charge in [-0.3, -0.25) is 0 Å². The van der Waals surface area contributed by atoms with Crippen molar-refractivity contribution in [2.45, 2.75) is 6.42 Å². The minimum Gasteiger partial charge on any atom is -0.506 e. The molecule has 2 aromatic carbocycles. The van der Waals surface area contributed by atoms with Crippen LogP contribution < -0.4 is 15.1 Å². The monoisotopic (exact) mass is 352 g/mol. The van der Waals surface area contributed by atoms with Crippen molar-refractivity contribution in [3.05, 3.63) is 48.0 Å². The number of carbonyl (C=O) groups excluding carboxylic acids is 1. The molecular formula is C20H24N4O2. The van der Waals surface area contributed by atoms with Crippen molar-refractivity contribution in [1.29, 1.82) is 0 Å². The highest BCUT2D eigenvalue weighted by molar-refractivity contribution is 5.90. The number of phenols is 1. The van der Waals surface area contributed by atoms with E-state index >= 15 is 0 Å². The van der Waals surface area contributed by atoms with Gasteiger partial charge in [0.1, 0.15) is 5.75 Å². The van der Waals surface area contributed by atoms with Crippen LogP contribution in [0.15, 0.2) is 42.5 Å². The van der Waals surface area contributed by atoms with Crippen LogP contribution in [0.25, 0.3) is 0 Å². The Hall–Kier alpha value is -2.89. The number of anilines is 3. The lowest BCUT2D eigenvalue weighted by Gasteiger charge is -2.36. The predicted octanol–water partition coefficient (Wildman–Crippen LogP) is 2.74. The molecular weight excluding hydrogens is 328 g/mol. The number of carbonyl (C=O) groups is 1. The first-order valence-corrected chi connectivity index (χ1v) is 9.05. The number of fused-ring (bicyclic) bond motifs is 1. The van der Waals surface area contributed by atoms with Crippen LogP contribution in [0.4, 0.5) is 21.9 Å². The number of amides is 2. The quantitative estimate of drug-likeness (QED) is 0.873. The van der Waals surface area contributed by atoms with E-state index in [4.69, 9.17) is 0 Å². The van der Waals surface area contributed by atoms with E-state index in [0.717, 1.165) is 24.3 Å². The summed E-state index contributed by atoms with van der Waals surface area (Å²) in [6, 6.07) is 13.4. The maximum absolute atomic E-state index is 12.6. The Bertz CT molecular complexity index is 815. The van der Waals surface area contributed by atoms with Gasteiger partial charge in [-0.05, 0) is 36.2 Å². The van der Waals surface area contributed by atoms with Crippen molar-refractivity contribution in [2.75, 3.05) is 54.9 Å². The van der Waals surface area contributed by atoms with Crippen molar-refractivity contribution in [2.24, 2.45) is 0 Å². The summed E-state index contributed by atoms with van der Waals surface area (Å²) in [5.74, 6) is 0.285. The second-order valence-electron chi connectivity index (χ2n) is 6.91. The number of hydrogen-bond donors (Lipinski definition) is 2. The van der Waals surface area contributed by atoms with Gasteiger partial charge in [-0.1, -0.05) is 18.2 Å². The largest absolute Gasteiger partial charge is 0.506 e. The second kappa shape index (κ2) is 6.78. The normalized spacial score (nSPS) is 16.6. The zero-order valence-corrected chi connectivity index (χ0v) is 15.0. The highest BCUT2D eigenvalue weighted by atomic mass is 16.3. The SMILES string of the molecule is CN1CCc2ccc(NC(=O)N3CCN(c4ccccc4O)CC3)cc21. The molecule has 6 heteroatoms. The van der Waals surface area contributed by atoms with Crippen LogP contribution in [0, 0.1) is 0 Å². The molecule has 0 aromatic heterocycles. The average Bonchev–Trinajstić information content (AvgIpc) is 3.03. The van der Waals surface area contributed by atoms with Crippen molar-refractivity contribution >= 4 is 23.1 Å². The number of nitrogens with one attached hydrogen (secondary N) is 1. The molecule has 2 N–H and O–H groups in total. The van der Waals surface area contributed by atoms with Gasteiger partial charge in [0.15, 0.2) is 0 Å². The number of benzene rings is 2. The molecule has 4 rings (SSSR count). The molecule has 2 aromatic rings. The Morgan fingerprint density at radius 3 is 2.54 bits per heavy atom. The summed E-state index contributed by atoms with van der Waals surface area (Å²) in [4.78, 5) is 18.8. The fourth-order valence-corrected chi connectivity index (χ4v) is 3.70. The standard InChI is InChI=1S/C20H24N4O2/c1-22-9-8-15-6-7-16(14-18(15)22)21-20(26)24-12-10-23(11-13-24)17-4-2-3-5-19(17)25/h2-7,14,25H,8-13H2,1H3,(H,21,26). The molecule has 0 aliphatic carbocycles. The number of likely N-dealkylation sites (N-methyl/N-ethyl adjacent to an activating group) is 1. The zero-order valence-electron chi connectivity index (χ0n) is 15.0. The number of rotatable bonds is 2. The molecule has 0 atom stereocenters. The Morgan fingerprint density at radius 1 is 1.00 bits per heavy atom. The van der Waals surface area contributed by atoms with Crippen molar-refractivity contribution < 1.29 is 9.90 Å². The predicted molar refractivity (Wildman–Crippen MR) is 104 cm³/mol. The van der Waals surface area contributed by atoms with Gasteiger partial charge in [-0.15, -0.1) is 0 Å². The van der Waals surface area contributed by atoms with E-state index in [-0.39, 0.29) is 11.8 Å². The van der Waals surface area contributed by atoms with Gasteiger partial charge < -0.3 is 25.1 Å². The summed E-state index contributed by atoms with van der Waals surface area (Å²) in [6.07, 6.45) is 1.06. The van der Waals surface area contributed by atoms with E-state index in [0.29, 0.717) is 26.2 Å². The van der Waals surface area contributed by atoms with Crippen molar-refractivity contribution in [3.63, 3.8) is 0 Å². The van der Waals surface area contributed by atoms with Gasteiger partial charge in [0.25, 0.3) is 0 Å². The molecule has 1 saturated heterocycles. The van der Waals surface area contributed by atoms with E-state index in [9.17, 15) is 9.90 Å². The Kier molecular flexibility index (Phi) is 4.32. The molecule has 0 saturated carbocycles. The van der Waals surface area contributed by atoms with Gasteiger partial charge in [0.05, 0.1) is 5.69 Å². The number of para-hydroxylation sites is 2. The molecule has 1 fully saturated rings. The maximum Gasteiger partial charge on any atom is 0.321 e. The van der Waals surface area contributed by atoms with Crippen LogP contribution in [-0.4, -0.2) is 55.8 Å². The molecule has 2 aliphatic heterocycles. The fraction of sp³-hybridized carbons (Fsp3) is 0.350. The lowest BCUT2D eigenvalue weighted by molar-refractivity contribution is 0.208. The highest BCUT2D eigenvalue weighted by Crippen LogP contribution is 2.30. The molecule has 2 aliphatic rings. The third-order valence-electron chi connectivity index (χ3n) is 5.25. The van der Waals surface area contributed by atoms with E-state index in [1.807, 2.05) is 29.2 Å². The number of nitrogens with zero attached hydrogens (tertiary/aromatic N) is 3. The maximum atomic E-state index is 12.6. The minimum atomic E-state index is -0.0671. The molecule has 2 amide bonds. The summed E-state index contributed by atoms with van der Waals surface area (Å²) in [6.45, 7) is 3.70. The van der Waals surface area contributed by atoms with Crippen LogP contribution in [-0.2, 0) is 6.42 Å². The number of piperazine rings is 1. The lowest BCUT2D eigenvalue weighted by Crippen LogP contribution is -2.50. The summed E-state index contributed by atoms with van der Waals surface area (Å²) >= 11 is 0. The van der Waals surface area contributed by atoms with Crippen LogP contribution in [0.1, 0.15) is 5.56 Å². The number of aromatic hydroxyl groups is 1. The topological polar surface area (TPSA) is 59.1 Å². The molecule has 136 valence electrons. The molecule has 6 nitrogen and oxygen atoms in total. The van der Waals surface area contributed by atoms with E-state index in [2.05, 4.69) is 34.3 Å². The number of hydrogen-bond acceptors (Lipinski definition) is 4. The van der Waals surface area contributed by atoms with E-state index in [1.165, 1.54) is 11.3 Å². The smallest absolute Gasteiger partial charge is 0.321 e. The second-order valence-corrected chi connectivity index (χ2v) is 6.91. The summed E-state index contributed by atoms with van der Waals surface area (Å²) in [7, 11) is 2.08. The Morgan fingerprint density at radius 2 is 1.77 bits per heavy atom. The van der Waals surface area contributed by atoms with Gasteiger partial charge in [0, 0.05) is 51.1 Å². The van der Waals surface area contributed by atoms with Crippen molar-refractivity contribution in [1.82, 2.24) is 4.90 Å². The Balaban J connectivity index is 1.37. The van der Waals surface area contributed by atoms with E-state index < -0.39 is 0 Å². The number of urea groups is 1. The van der Waals surface area contributed by atoms with Crippen LogP contribution >= 0.6 is 0 Å². The summed E-state index contributed by atoms with van der Waals surface area (Å²) in [5, 5.41) is 13.0. The zero-order chi connectivity index (χ0) is 18.1. The molecule has 0 unspecified atom stereocenters. The van der Waals surface area contributed by atoms with Gasteiger partial charge in [-0.2, -0.15) is 0 Å². The first kappa shape index (κ1) is 16.6. The first-order valence-electron chi connectivity index (χ1n) is 9.05. The lowest BCUT2D eigenvalue weighted by atomic mass is 10.1. The number of phenolic OH excluding ortho intramolecular Hbond substituents is 1. The summed E-state index contributed by atoms with van der Waals surface area (Å²) < 4.78 is 0. The van der Waals surface area contributed by atoms with Gasteiger partial charge in [-0.25, -0.2) is 4.79 Å². The molecule has 0 bridgehead atoms. The van der Waals surface area contributed by atoms with Crippen molar-refractivity contribution in [3.8, 4) is 5.75 Å². The minimum absolute atomic E-state index is 0.0671. The third-order valence-corrected chi connectivity index (χ3v) is 5.25. The molecule has 0 radical (unpaired) electrons. The molecule has 26 heavy (non-hydrogen) atoms. The Labute approximate surface area is 153 Å². The fourth-order valence-electron chi connectivity index (χ4n) is 3.70. The van der Waals surface area contributed by atoms with Crippen LogP contribution in [0.2, 0.25) is 0 Å². The highest BCUT2D eigenvalue weighted by Gasteiger charge is 2.23. The molecule has 2 heterocycles. The van der Waals surface area contributed by atoms with Crippen LogP contribution in [0.5, 0.6) is 5.75 Å². The summed E-state index contributed by atoms with van der Waals surface area (Å²) in [5.41, 5.74) is 4.20. The third kappa shape index (κ3) is 3.14. The van der Waals surface area contributed by atoms with Gasteiger partial charge >= 0.3 is 6.03 Å². The van der Waals surface area contributed by atoms with Gasteiger partial charge in [0.2, 0.25) is 0 Å². The van der Waals surface area contributed by atoms with E-state index in [1.54, 1.807) is 6.07 Å². The van der Waals surface area contributed by atoms with Crippen LogP contribution in [0.3, 0.4) is 0 Å².